The van der Waals surface area contributed by atoms with Crippen molar-refractivity contribution in [3.8, 4) is 6.07 Å². The number of rotatable bonds is 2. The van der Waals surface area contributed by atoms with Gasteiger partial charge in [-0.2, -0.15) is 31.6 Å². The number of nitrogens with one attached hydrogen (secondary N) is 1. The molecule has 1 aliphatic rings. The molecule has 4 nitrogen and oxygen atoms in total. The smallest absolute Gasteiger partial charge is 0.371 e. The van der Waals surface area contributed by atoms with Gasteiger partial charge in [-0.1, -0.05) is 12.1 Å². The molecule has 0 aromatic heterocycles. The van der Waals surface area contributed by atoms with Crippen LogP contribution < -0.4 is 5.48 Å². The molecule has 0 radical (unpaired) electrons. The number of benzene rings is 1. The fourth-order valence-corrected chi connectivity index (χ4v) is 1.92. The molecule has 2 N–H and O–H groups in total. The van der Waals surface area contributed by atoms with Crippen LogP contribution in [0.1, 0.15) is 11.1 Å². The lowest BCUT2D eigenvalue weighted by Gasteiger charge is -2.34. The van der Waals surface area contributed by atoms with Crippen LogP contribution >= 0.6 is 0 Å². The van der Waals surface area contributed by atoms with Crippen molar-refractivity contribution in [1.82, 2.24) is 5.48 Å². The summed E-state index contributed by atoms with van der Waals surface area (Å²) in [4.78, 5) is 4.30. The lowest BCUT2D eigenvalue weighted by Crippen LogP contribution is -2.64. The quantitative estimate of drug-likeness (QED) is 0.814. The third-order valence-corrected chi connectivity index (χ3v) is 3.21. The van der Waals surface area contributed by atoms with Crippen molar-refractivity contribution in [2.45, 2.75) is 24.1 Å². The summed E-state index contributed by atoms with van der Waals surface area (Å²) in [7, 11) is 0. The molecule has 1 unspecified atom stereocenters. The van der Waals surface area contributed by atoms with Gasteiger partial charge in [0, 0.05) is 0 Å². The van der Waals surface area contributed by atoms with Crippen molar-refractivity contribution >= 4 is 5.70 Å². The average molecular weight is 338 g/mol. The third kappa shape index (κ3) is 2.85. The summed E-state index contributed by atoms with van der Waals surface area (Å²) in [5.74, 6) is 0. The topological polar surface area (TPSA) is 65.3 Å². The first kappa shape index (κ1) is 17.1. The number of alkyl halides is 6. The van der Waals surface area contributed by atoms with Gasteiger partial charge in [-0.15, -0.1) is 0 Å². The van der Waals surface area contributed by atoms with Gasteiger partial charge < -0.3 is 5.11 Å². The molecule has 1 heterocycles. The predicted octanol–water partition coefficient (Wildman–Crippen LogP) is 2.66. The molecular weight excluding hydrogens is 330 g/mol. The van der Waals surface area contributed by atoms with Crippen LogP contribution in [0.4, 0.5) is 26.3 Å². The normalized spacial score (nSPS) is 19.0. The second-order valence-corrected chi connectivity index (χ2v) is 4.67. The lowest BCUT2D eigenvalue weighted by molar-refractivity contribution is -0.390. The molecule has 124 valence electrons. The molecule has 1 atom stereocenters. The van der Waals surface area contributed by atoms with Crippen molar-refractivity contribution in [2.75, 3.05) is 0 Å². The zero-order chi connectivity index (χ0) is 17.5. The predicted molar refractivity (Wildman–Crippen MR) is 64.2 cm³/mol. The van der Waals surface area contributed by atoms with Crippen LogP contribution in [-0.2, 0) is 4.84 Å². The van der Waals surface area contributed by atoms with Gasteiger partial charge in [0.15, 0.2) is 6.10 Å². The van der Waals surface area contributed by atoms with Crippen LogP contribution in [-0.4, -0.2) is 29.2 Å². The number of hydrogen-bond acceptors (Lipinski definition) is 4. The Bertz CT molecular complexity index is 643. The molecule has 2 rings (SSSR count). The van der Waals surface area contributed by atoms with Gasteiger partial charge in [-0.25, -0.2) is 0 Å². The summed E-state index contributed by atoms with van der Waals surface area (Å²) in [6.45, 7) is 0. The number of hydroxylamine groups is 1. The molecule has 0 amide bonds. The molecule has 23 heavy (non-hydrogen) atoms. The Morgan fingerprint density at radius 1 is 1.04 bits per heavy atom. The zero-order valence-electron chi connectivity index (χ0n) is 11.0. The molecule has 0 spiro atoms. The van der Waals surface area contributed by atoms with Crippen molar-refractivity contribution < 1.29 is 36.3 Å². The highest BCUT2D eigenvalue weighted by Gasteiger charge is 2.75. The van der Waals surface area contributed by atoms with Gasteiger partial charge in [0.25, 0.3) is 5.60 Å². The SMILES string of the molecule is N#Cc1ccc(C2=CC(C(O)(C(F)(F)F)C(F)(F)F)ON2)cc1. The van der Waals surface area contributed by atoms with Crippen LogP contribution in [0.15, 0.2) is 30.3 Å². The van der Waals surface area contributed by atoms with E-state index in [9.17, 15) is 31.4 Å². The summed E-state index contributed by atoms with van der Waals surface area (Å²) < 4.78 is 76.4. The lowest BCUT2D eigenvalue weighted by atomic mass is 9.94. The molecule has 0 saturated carbocycles. The van der Waals surface area contributed by atoms with E-state index in [1.807, 2.05) is 11.5 Å². The first-order valence-corrected chi connectivity index (χ1v) is 6.00. The molecular formula is C13H8F6N2O2. The second-order valence-electron chi connectivity index (χ2n) is 4.67. The molecule has 0 fully saturated rings. The monoisotopic (exact) mass is 338 g/mol. The summed E-state index contributed by atoms with van der Waals surface area (Å²) in [5.41, 5.74) is -2.87. The number of aliphatic hydroxyl groups is 1. The van der Waals surface area contributed by atoms with Crippen LogP contribution in [0, 0.1) is 11.3 Å². The fraction of sp³-hybridized carbons (Fsp3) is 0.308. The number of nitrogens with zero attached hydrogens (tertiary/aromatic N) is 1. The van der Waals surface area contributed by atoms with Gasteiger partial charge in [0.05, 0.1) is 17.3 Å². The number of halogens is 6. The maximum absolute atomic E-state index is 12.7. The van der Waals surface area contributed by atoms with Crippen LogP contribution in [0.2, 0.25) is 0 Å². The molecule has 1 aliphatic heterocycles. The van der Waals surface area contributed by atoms with E-state index in [0.717, 1.165) is 0 Å². The van der Waals surface area contributed by atoms with Gasteiger partial charge in [-0.3, -0.25) is 10.3 Å². The minimum Gasteiger partial charge on any atom is -0.371 e. The van der Waals surface area contributed by atoms with Gasteiger partial charge >= 0.3 is 12.4 Å². The Morgan fingerprint density at radius 3 is 2.00 bits per heavy atom. The Morgan fingerprint density at radius 2 is 1.57 bits per heavy atom. The van der Waals surface area contributed by atoms with Gasteiger partial charge in [-0.05, 0) is 23.8 Å². The molecule has 1 aromatic rings. The summed E-state index contributed by atoms with van der Waals surface area (Å²) >= 11 is 0. The summed E-state index contributed by atoms with van der Waals surface area (Å²) in [5, 5.41) is 17.9. The summed E-state index contributed by atoms with van der Waals surface area (Å²) in [6.07, 6.45) is -14.2. The number of nitriles is 1. The Kier molecular flexibility index (Phi) is 4.04. The summed E-state index contributed by atoms with van der Waals surface area (Å²) in [6, 6.07) is 7.08. The van der Waals surface area contributed by atoms with Crippen LogP contribution in [0.5, 0.6) is 0 Å². The van der Waals surface area contributed by atoms with Crippen molar-refractivity contribution in [2.24, 2.45) is 0 Å². The maximum Gasteiger partial charge on any atom is 0.429 e. The highest BCUT2D eigenvalue weighted by molar-refractivity contribution is 5.66. The first-order valence-electron chi connectivity index (χ1n) is 6.00. The van der Waals surface area contributed by atoms with E-state index in [1.54, 1.807) is 0 Å². The molecule has 10 heteroatoms. The molecule has 0 bridgehead atoms. The third-order valence-electron chi connectivity index (χ3n) is 3.21. The van der Waals surface area contributed by atoms with Crippen molar-refractivity contribution in [3.63, 3.8) is 0 Å². The van der Waals surface area contributed by atoms with E-state index >= 15 is 0 Å². The number of hydrogen-bond donors (Lipinski definition) is 2. The van der Waals surface area contributed by atoms with E-state index in [1.165, 1.54) is 24.3 Å². The van der Waals surface area contributed by atoms with E-state index < -0.39 is 24.1 Å². The zero-order valence-corrected chi connectivity index (χ0v) is 11.0. The van der Waals surface area contributed by atoms with Crippen molar-refractivity contribution in [3.05, 3.63) is 41.5 Å². The minimum atomic E-state index is -5.99. The van der Waals surface area contributed by atoms with Crippen LogP contribution in [0.3, 0.4) is 0 Å². The first-order chi connectivity index (χ1) is 10.5. The molecule has 0 aliphatic carbocycles. The minimum absolute atomic E-state index is 0.189. The maximum atomic E-state index is 12.7. The van der Waals surface area contributed by atoms with E-state index in [-0.39, 0.29) is 16.8 Å². The average Bonchev–Trinajstić information content (AvgIpc) is 2.94. The largest absolute Gasteiger partial charge is 0.429 e. The Balaban J connectivity index is 2.38. The fourth-order valence-electron chi connectivity index (χ4n) is 1.92. The second kappa shape index (κ2) is 5.43. The van der Waals surface area contributed by atoms with E-state index in [4.69, 9.17) is 5.26 Å². The molecule has 0 saturated heterocycles. The van der Waals surface area contributed by atoms with Crippen molar-refractivity contribution in [1.29, 1.82) is 5.26 Å². The highest BCUT2D eigenvalue weighted by Crippen LogP contribution is 2.47. The Hall–Kier alpha value is -2.25. The van der Waals surface area contributed by atoms with E-state index in [2.05, 4.69) is 4.84 Å². The standard InChI is InChI=1S/C13H8F6N2O2/c14-12(15,16)11(22,13(17,18)19)10-5-9(21-23-10)8-3-1-7(6-20)2-4-8/h1-5,10,21-22H. The molecule has 1 aromatic carbocycles. The van der Waals surface area contributed by atoms with Gasteiger partial charge in [0.2, 0.25) is 0 Å². The van der Waals surface area contributed by atoms with Gasteiger partial charge in [0.1, 0.15) is 0 Å². The highest BCUT2D eigenvalue weighted by atomic mass is 19.4. The van der Waals surface area contributed by atoms with Crippen LogP contribution in [0.25, 0.3) is 5.70 Å². The Labute approximate surface area is 125 Å². The van der Waals surface area contributed by atoms with E-state index in [0.29, 0.717) is 6.08 Å².